The van der Waals surface area contributed by atoms with E-state index in [4.69, 9.17) is 21.1 Å². The Labute approximate surface area is 123 Å². The molecule has 2 unspecified atom stereocenters. The van der Waals surface area contributed by atoms with Gasteiger partial charge in [-0.3, -0.25) is 4.90 Å². The van der Waals surface area contributed by atoms with Crippen LogP contribution in [0.3, 0.4) is 0 Å². The second-order valence-electron chi connectivity index (χ2n) is 4.70. The number of ether oxygens (including phenoxy) is 2. The molecule has 6 heteroatoms. The molecule has 1 aromatic rings. The quantitative estimate of drug-likeness (QED) is 0.877. The summed E-state index contributed by atoms with van der Waals surface area (Å²) in [6.45, 7) is 2.52. The third-order valence-electron chi connectivity index (χ3n) is 3.04. The van der Waals surface area contributed by atoms with Gasteiger partial charge in [-0.2, -0.15) is 0 Å². The number of nitrogens with zero attached hydrogens (tertiary/aromatic N) is 1. The van der Waals surface area contributed by atoms with E-state index in [9.17, 15) is 9.90 Å². The number of rotatable bonds is 6. The minimum atomic E-state index is -0.788. The highest BCUT2D eigenvalue weighted by Crippen LogP contribution is 2.20. The van der Waals surface area contributed by atoms with Crippen molar-refractivity contribution >= 4 is 17.7 Å². The number of cyclic esters (lactones) is 1. The van der Waals surface area contributed by atoms with E-state index in [1.807, 2.05) is 6.92 Å². The SMILES string of the molecule is CCCC(O)N1CC(COc2cccc(Cl)c2)OC1=O. The molecule has 1 aliphatic heterocycles. The van der Waals surface area contributed by atoms with Crippen molar-refractivity contribution in [3.05, 3.63) is 29.3 Å². The van der Waals surface area contributed by atoms with E-state index in [-0.39, 0.29) is 12.7 Å². The molecule has 0 aliphatic carbocycles. The molecule has 5 nitrogen and oxygen atoms in total. The zero-order valence-corrected chi connectivity index (χ0v) is 12.0. The molecule has 0 saturated carbocycles. The van der Waals surface area contributed by atoms with Gasteiger partial charge >= 0.3 is 6.09 Å². The maximum absolute atomic E-state index is 11.6. The second kappa shape index (κ2) is 6.81. The molecule has 110 valence electrons. The number of amides is 1. The zero-order chi connectivity index (χ0) is 14.5. The predicted molar refractivity (Wildman–Crippen MR) is 74.8 cm³/mol. The molecular formula is C14H18ClNO4. The third kappa shape index (κ3) is 3.77. The molecule has 1 aliphatic rings. The Morgan fingerprint density at radius 1 is 1.60 bits per heavy atom. The molecule has 2 atom stereocenters. The molecule has 1 saturated heterocycles. The number of carbonyl (C=O) groups is 1. The monoisotopic (exact) mass is 299 g/mol. The van der Waals surface area contributed by atoms with Gasteiger partial charge in [0.2, 0.25) is 0 Å². The summed E-state index contributed by atoms with van der Waals surface area (Å²) in [6.07, 6.45) is -0.326. The summed E-state index contributed by atoms with van der Waals surface area (Å²) < 4.78 is 10.7. The van der Waals surface area contributed by atoms with Crippen LogP contribution in [0.15, 0.2) is 24.3 Å². The average molecular weight is 300 g/mol. The summed E-state index contributed by atoms with van der Waals surface area (Å²) in [7, 11) is 0. The molecule has 1 fully saturated rings. The molecule has 0 radical (unpaired) electrons. The average Bonchev–Trinajstić information content (AvgIpc) is 2.78. The Bertz CT molecular complexity index is 468. The molecule has 0 spiro atoms. The Morgan fingerprint density at radius 3 is 3.10 bits per heavy atom. The van der Waals surface area contributed by atoms with Gasteiger partial charge in [0.1, 0.15) is 18.6 Å². The van der Waals surface area contributed by atoms with Crippen LogP contribution in [0.25, 0.3) is 0 Å². The van der Waals surface area contributed by atoms with E-state index in [2.05, 4.69) is 0 Å². The van der Waals surface area contributed by atoms with Crippen LogP contribution in [0, 0.1) is 0 Å². The van der Waals surface area contributed by atoms with Gasteiger partial charge in [0.05, 0.1) is 6.54 Å². The van der Waals surface area contributed by atoms with E-state index in [0.717, 1.165) is 6.42 Å². The van der Waals surface area contributed by atoms with Crippen molar-refractivity contribution in [2.75, 3.05) is 13.2 Å². The van der Waals surface area contributed by atoms with Crippen molar-refractivity contribution in [3.8, 4) is 5.75 Å². The highest BCUT2D eigenvalue weighted by Gasteiger charge is 2.35. The highest BCUT2D eigenvalue weighted by molar-refractivity contribution is 6.30. The lowest BCUT2D eigenvalue weighted by Gasteiger charge is -2.19. The molecule has 1 heterocycles. The maximum Gasteiger partial charge on any atom is 0.412 e. The van der Waals surface area contributed by atoms with Crippen LogP contribution in [0.2, 0.25) is 5.02 Å². The Morgan fingerprint density at radius 2 is 2.40 bits per heavy atom. The summed E-state index contributed by atoms with van der Waals surface area (Å²) in [5.41, 5.74) is 0. The Hall–Kier alpha value is -1.46. The van der Waals surface area contributed by atoms with Crippen molar-refractivity contribution in [2.24, 2.45) is 0 Å². The summed E-state index contributed by atoms with van der Waals surface area (Å²) in [5, 5.41) is 10.4. The van der Waals surface area contributed by atoms with Crippen molar-refractivity contribution in [1.82, 2.24) is 4.90 Å². The van der Waals surface area contributed by atoms with Gasteiger partial charge in [-0.15, -0.1) is 0 Å². The van der Waals surface area contributed by atoms with Gasteiger partial charge in [-0.1, -0.05) is 31.0 Å². The van der Waals surface area contributed by atoms with Gasteiger partial charge in [0.15, 0.2) is 6.10 Å². The van der Waals surface area contributed by atoms with E-state index in [1.54, 1.807) is 24.3 Å². The van der Waals surface area contributed by atoms with Crippen LogP contribution in [0.5, 0.6) is 5.75 Å². The highest BCUT2D eigenvalue weighted by atomic mass is 35.5. The van der Waals surface area contributed by atoms with Crippen LogP contribution < -0.4 is 4.74 Å². The lowest BCUT2D eigenvalue weighted by atomic mass is 10.2. The number of aliphatic hydroxyl groups is 1. The molecule has 20 heavy (non-hydrogen) atoms. The molecule has 0 aromatic heterocycles. The Kier molecular flexibility index (Phi) is 5.09. The van der Waals surface area contributed by atoms with Crippen LogP contribution in [0.4, 0.5) is 4.79 Å². The standard InChI is InChI=1S/C14H18ClNO4/c1-2-4-13(17)16-8-12(20-14(16)18)9-19-11-6-3-5-10(15)7-11/h3,5-7,12-13,17H,2,4,8-9H2,1H3. The Balaban J connectivity index is 1.85. The first-order chi connectivity index (χ1) is 9.60. The van der Waals surface area contributed by atoms with Crippen molar-refractivity contribution in [1.29, 1.82) is 0 Å². The van der Waals surface area contributed by atoms with Crippen LogP contribution >= 0.6 is 11.6 Å². The van der Waals surface area contributed by atoms with E-state index >= 15 is 0 Å². The van der Waals surface area contributed by atoms with Crippen LogP contribution in [0.1, 0.15) is 19.8 Å². The third-order valence-corrected chi connectivity index (χ3v) is 3.28. The molecular weight excluding hydrogens is 282 g/mol. The van der Waals surface area contributed by atoms with Crippen molar-refractivity contribution in [3.63, 3.8) is 0 Å². The van der Waals surface area contributed by atoms with E-state index in [1.165, 1.54) is 4.90 Å². The molecule has 2 rings (SSSR count). The van der Waals surface area contributed by atoms with E-state index < -0.39 is 12.3 Å². The number of hydrogen-bond acceptors (Lipinski definition) is 4. The van der Waals surface area contributed by atoms with Gasteiger partial charge < -0.3 is 14.6 Å². The van der Waals surface area contributed by atoms with Crippen molar-refractivity contribution < 1.29 is 19.4 Å². The van der Waals surface area contributed by atoms with Gasteiger partial charge in [0, 0.05) is 5.02 Å². The van der Waals surface area contributed by atoms with Gasteiger partial charge in [-0.25, -0.2) is 4.79 Å². The van der Waals surface area contributed by atoms with E-state index in [0.29, 0.717) is 23.7 Å². The minimum Gasteiger partial charge on any atom is -0.490 e. The first-order valence-electron chi connectivity index (χ1n) is 6.64. The largest absolute Gasteiger partial charge is 0.490 e. The number of carbonyl (C=O) groups excluding carboxylic acids is 1. The minimum absolute atomic E-state index is 0.238. The number of benzene rings is 1. The fourth-order valence-corrected chi connectivity index (χ4v) is 2.21. The zero-order valence-electron chi connectivity index (χ0n) is 11.3. The molecule has 1 amide bonds. The number of aliphatic hydroxyl groups excluding tert-OH is 1. The normalized spacial score (nSPS) is 19.9. The number of halogens is 1. The lowest BCUT2D eigenvalue weighted by Crippen LogP contribution is -2.36. The summed E-state index contributed by atoms with van der Waals surface area (Å²) >= 11 is 5.86. The summed E-state index contributed by atoms with van der Waals surface area (Å²) in [5.74, 6) is 0.626. The fourth-order valence-electron chi connectivity index (χ4n) is 2.03. The lowest BCUT2D eigenvalue weighted by molar-refractivity contribution is 0.0308. The molecule has 1 aromatic carbocycles. The first kappa shape index (κ1) is 14.9. The topological polar surface area (TPSA) is 59.0 Å². The van der Waals surface area contributed by atoms with Crippen molar-refractivity contribution in [2.45, 2.75) is 32.1 Å². The maximum atomic E-state index is 11.6. The first-order valence-corrected chi connectivity index (χ1v) is 7.01. The smallest absolute Gasteiger partial charge is 0.412 e. The molecule has 0 bridgehead atoms. The second-order valence-corrected chi connectivity index (χ2v) is 5.13. The summed E-state index contributed by atoms with van der Waals surface area (Å²) in [4.78, 5) is 13.0. The fraction of sp³-hybridized carbons (Fsp3) is 0.500. The predicted octanol–water partition coefficient (Wildman–Crippen LogP) is 2.66. The van der Waals surface area contributed by atoms with Gasteiger partial charge in [0.25, 0.3) is 0 Å². The molecule has 1 N–H and O–H groups in total. The van der Waals surface area contributed by atoms with Crippen LogP contribution in [-0.4, -0.2) is 41.6 Å². The van der Waals surface area contributed by atoms with Crippen LogP contribution in [-0.2, 0) is 4.74 Å². The van der Waals surface area contributed by atoms with Gasteiger partial charge in [-0.05, 0) is 24.6 Å². The number of hydrogen-bond donors (Lipinski definition) is 1. The summed E-state index contributed by atoms with van der Waals surface area (Å²) in [6, 6.07) is 7.02.